The number of hydrazone groups is 2. The number of aromatic nitrogens is 1. The summed E-state index contributed by atoms with van der Waals surface area (Å²) in [6, 6.07) is 4.15. The first-order valence-electron chi connectivity index (χ1n) is 10.2. The Hall–Kier alpha value is -0.891. The van der Waals surface area contributed by atoms with Crippen LogP contribution in [0.2, 0.25) is 0 Å². The molecule has 3 rings (SSSR count). The second-order valence-electron chi connectivity index (χ2n) is 7.60. The molecule has 0 radical (unpaired) electrons. The van der Waals surface area contributed by atoms with Crippen LogP contribution in [0.25, 0.3) is 0 Å². The van der Waals surface area contributed by atoms with E-state index in [4.69, 9.17) is 4.98 Å². The predicted molar refractivity (Wildman–Crippen MR) is 111 cm³/mol. The van der Waals surface area contributed by atoms with E-state index in [1.165, 1.54) is 38.5 Å². The topological polar surface area (TPSA) is 68.2 Å². The molecule has 2 saturated heterocycles. The molecule has 1 aromatic rings. The number of nitrogens with one attached hydrogen (secondary N) is 2. The summed E-state index contributed by atoms with van der Waals surface area (Å²) >= 11 is 0. The van der Waals surface area contributed by atoms with Gasteiger partial charge in [-0.2, -0.15) is 10.2 Å². The summed E-state index contributed by atoms with van der Waals surface area (Å²) < 4.78 is 0. The minimum atomic E-state index is 0. The van der Waals surface area contributed by atoms with E-state index >= 15 is 0 Å². The second kappa shape index (κ2) is 15.0. The minimum Gasteiger partial charge on any atom is -1.00 e. The van der Waals surface area contributed by atoms with Crippen molar-refractivity contribution in [1.29, 1.82) is 0 Å². The van der Waals surface area contributed by atoms with Crippen LogP contribution in [0.15, 0.2) is 22.3 Å². The maximum atomic E-state index is 4.78. The Morgan fingerprint density at radius 3 is 1.50 bits per heavy atom. The SMILES string of the molecule is CC(=NNN1CCCCC1)c1cc(C)cc(C(C)=NNN2CCCCC2)n1.[Cl-].[Cl-].[Fe+2]. The van der Waals surface area contributed by atoms with Crippen LogP contribution < -0.4 is 35.9 Å². The van der Waals surface area contributed by atoms with Crippen molar-refractivity contribution in [2.75, 3.05) is 26.2 Å². The first-order valence-corrected chi connectivity index (χ1v) is 10.2. The molecule has 10 heteroatoms. The molecule has 3 heterocycles. The number of rotatable bonds is 6. The number of hydrogen-bond donors (Lipinski definition) is 2. The van der Waals surface area contributed by atoms with Crippen molar-refractivity contribution in [2.24, 2.45) is 10.2 Å². The van der Waals surface area contributed by atoms with E-state index in [-0.39, 0.29) is 41.9 Å². The molecular formula is C20H33Cl2FeN7. The molecule has 0 spiro atoms. The van der Waals surface area contributed by atoms with Gasteiger partial charge in [0.1, 0.15) is 0 Å². The number of aryl methyl sites for hydroxylation is 1. The summed E-state index contributed by atoms with van der Waals surface area (Å²) in [5.41, 5.74) is 11.1. The molecule has 2 aliphatic rings. The van der Waals surface area contributed by atoms with Crippen molar-refractivity contribution in [3.05, 3.63) is 29.1 Å². The summed E-state index contributed by atoms with van der Waals surface area (Å²) in [5, 5.41) is 13.4. The zero-order valence-electron chi connectivity index (χ0n) is 18.1. The number of pyridine rings is 1. The van der Waals surface area contributed by atoms with E-state index < -0.39 is 0 Å². The van der Waals surface area contributed by atoms with Gasteiger partial charge in [-0.1, -0.05) is 12.8 Å². The Labute approximate surface area is 203 Å². The van der Waals surface area contributed by atoms with E-state index in [1.807, 2.05) is 13.8 Å². The first-order chi connectivity index (χ1) is 13.1. The van der Waals surface area contributed by atoms with E-state index in [1.54, 1.807) is 0 Å². The standard InChI is InChI=1S/C20H33N7.2ClH.Fe/c1-16-14-19(17(2)22-24-26-10-6-4-7-11-26)21-20(15-16)18(3)23-25-27-12-8-5-9-13-27;;;/h14-15,24-25H,4-13H2,1-3H3;2*1H;/q;;;+2/p-2. The largest absolute Gasteiger partial charge is 2.00 e. The summed E-state index contributed by atoms with van der Waals surface area (Å²) in [4.78, 5) is 4.78. The fraction of sp³-hybridized carbons (Fsp3) is 0.650. The molecule has 0 aliphatic carbocycles. The van der Waals surface area contributed by atoms with Gasteiger partial charge >= 0.3 is 17.1 Å². The smallest absolute Gasteiger partial charge is 1.00 e. The molecule has 7 nitrogen and oxygen atoms in total. The maximum absolute atomic E-state index is 4.78. The average molecular weight is 498 g/mol. The van der Waals surface area contributed by atoms with Crippen molar-refractivity contribution in [3.63, 3.8) is 0 Å². The minimum absolute atomic E-state index is 0. The fourth-order valence-electron chi connectivity index (χ4n) is 3.43. The molecular weight excluding hydrogens is 465 g/mol. The van der Waals surface area contributed by atoms with Crippen molar-refractivity contribution in [1.82, 2.24) is 26.1 Å². The Balaban J connectivity index is 0.00000280. The second-order valence-corrected chi connectivity index (χ2v) is 7.60. The average Bonchev–Trinajstić information content (AvgIpc) is 2.71. The predicted octanol–water partition coefficient (Wildman–Crippen LogP) is -3.18. The Morgan fingerprint density at radius 1 is 0.767 bits per heavy atom. The Kier molecular flexibility index (Phi) is 14.6. The summed E-state index contributed by atoms with van der Waals surface area (Å²) in [7, 11) is 0. The molecule has 2 aliphatic heterocycles. The monoisotopic (exact) mass is 497 g/mol. The van der Waals surface area contributed by atoms with Gasteiger partial charge in [0.2, 0.25) is 0 Å². The maximum Gasteiger partial charge on any atom is 2.00 e. The van der Waals surface area contributed by atoms with Gasteiger partial charge in [0.05, 0.1) is 22.8 Å². The van der Waals surface area contributed by atoms with Crippen LogP contribution in [0.3, 0.4) is 0 Å². The molecule has 0 amide bonds. The van der Waals surface area contributed by atoms with Gasteiger partial charge < -0.3 is 24.8 Å². The molecule has 0 atom stereocenters. The van der Waals surface area contributed by atoms with Crippen LogP contribution >= 0.6 is 0 Å². The normalized spacial score (nSPS) is 18.5. The zero-order valence-corrected chi connectivity index (χ0v) is 20.7. The number of hydrazine groups is 2. The molecule has 0 aromatic carbocycles. The van der Waals surface area contributed by atoms with Gasteiger partial charge in [-0.05, 0) is 64.2 Å². The molecule has 2 N–H and O–H groups in total. The number of nitrogens with zero attached hydrogens (tertiary/aromatic N) is 5. The van der Waals surface area contributed by atoms with E-state index in [9.17, 15) is 0 Å². The van der Waals surface area contributed by atoms with Crippen molar-refractivity contribution >= 4 is 11.4 Å². The zero-order chi connectivity index (χ0) is 19.1. The van der Waals surface area contributed by atoms with Gasteiger partial charge in [-0.25, -0.2) is 26.1 Å². The quantitative estimate of drug-likeness (QED) is 0.246. The molecule has 170 valence electrons. The molecule has 0 unspecified atom stereocenters. The van der Waals surface area contributed by atoms with E-state index in [2.05, 4.69) is 50.3 Å². The van der Waals surface area contributed by atoms with Gasteiger partial charge in [0.25, 0.3) is 0 Å². The van der Waals surface area contributed by atoms with E-state index in [0.717, 1.165) is 54.6 Å². The Morgan fingerprint density at radius 2 is 1.13 bits per heavy atom. The first kappa shape index (κ1) is 29.1. The van der Waals surface area contributed by atoms with Crippen LogP contribution in [0, 0.1) is 6.92 Å². The Bertz CT molecular complexity index is 633. The number of hydrogen-bond acceptors (Lipinski definition) is 7. The van der Waals surface area contributed by atoms with Crippen molar-refractivity contribution in [3.8, 4) is 0 Å². The van der Waals surface area contributed by atoms with Crippen LogP contribution in [-0.2, 0) is 17.1 Å². The molecule has 30 heavy (non-hydrogen) atoms. The van der Waals surface area contributed by atoms with Crippen LogP contribution in [-0.4, -0.2) is 52.6 Å². The molecule has 0 bridgehead atoms. The molecule has 2 fully saturated rings. The van der Waals surface area contributed by atoms with Gasteiger partial charge in [-0.3, -0.25) is 0 Å². The third kappa shape index (κ3) is 9.08. The van der Waals surface area contributed by atoms with Gasteiger partial charge in [0, 0.05) is 26.2 Å². The summed E-state index contributed by atoms with van der Waals surface area (Å²) in [5.74, 6) is 0. The summed E-state index contributed by atoms with van der Waals surface area (Å²) in [6.45, 7) is 10.3. The third-order valence-electron chi connectivity index (χ3n) is 5.14. The van der Waals surface area contributed by atoms with Crippen LogP contribution in [0.1, 0.15) is 69.3 Å². The number of piperidine rings is 2. The van der Waals surface area contributed by atoms with Crippen molar-refractivity contribution in [2.45, 2.75) is 59.3 Å². The number of halogens is 2. The fourth-order valence-corrected chi connectivity index (χ4v) is 3.43. The molecule has 0 saturated carbocycles. The van der Waals surface area contributed by atoms with Crippen LogP contribution in [0.5, 0.6) is 0 Å². The van der Waals surface area contributed by atoms with Gasteiger partial charge in [-0.15, -0.1) is 0 Å². The van der Waals surface area contributed by atoms with Crippen LogP contribution in [0.4, 0.5) is 0 Å². The van der Waals surface area contributed by atoms with E-state index in [0.29, 0.717) is 0 Å². The third-order valence-corrected chi connectivity index (χ3v) is 5.14. The van der Waals surface area contributed by atoms with Crippen molar-refractivity contribution < 1.29 is 41.9 Å². The van der Waals surface area contributed by atoms with Gasteiger partial charge in [0.15, 0.2) is 0 Å². The summed E-state index contributed by atoms with van der Waals surface area (Å²) in [6.07, 6.45) is 7.55. The molecule has 1 aromatic heterocycles.